The van der Waals surface area contributed by atoms with Crippen LogP contribution in [0.3, 0.4) is 0 Å². The minimum absolute atomic E-state index is 0.127. The molecule has 1 aromatic carbocycles. The van der Waals surface area contributed by atoms with Crippen molar-refractivity contribution in [2.45, 2.75) is 38.2 Å². The van der Waals surface area contributed by atoms with Gasteiger partial charge in [-0.3, -0.25) is 4.79 Å². The van der Waals surface area contributed by atoms with Gasteiger partial charge in [-0.25, -0.2) is 24.0 Å². The first-order valence-electron chi connectivity index (χ1n) is 7.14. The number of sulfonamides is 1. The third-order valence-electron chi connectivity index (χ3n) is 3.41. The van der Waals surface area contributed by atoms with Crippen LogP contribution in [0.1, 0.15) is 24.5 Å². The molecule has 1 heterocycles. The first-order chi connectivity index (χ1) is 10.4. The molecule has 0 aromatic heterocycles. The van der Waals surface area contributed by atoms with Crippen LogP contribution in [-0.4, -0.2) is 32.4 Å². The lowest BCUT2D eigenvalue weighted by molar-refractivity contribution is -0.145. The van der Waals surface area contributed by atoms with E-state index in [-0.39, 0.29) is 19.6 Å². The van der Waals surface area contributed by atoms with Crippen molar-refractivity contribution < 1.29 is 17.9 Å². The Labute approximate surface area is 130 Å². The second kappa shape index (κ2) is 7.19. The van der Waals surface area contributed by atoms with Gasteiger partial charge in [0.2, 0.25) is 10.0 Å². The maximum absolute atomic E-state index is 12.2. The van der Waals surface area contributed by atoms with Crippen molar-refractivity contribution in [2.24, 2.45) is 0 Å². The molecule has 22 heavy (non-hydrogen) atoms. The Hall–Kier alpha value is -1.48. The Balaban J connectivity index is 1.91. The van der Waals surface area contributed by atoms with E-state index in [0.717, 1.165) is 11.1 Å². The molecule has 0 radical (unpaired) electrons. The first kappa shape index (κ1) is 16.9. The summed E-state index contributed by atoms with van der Waals surface area (Å²) in [5, 5.41) is -0.868. The standard InChI is InChI=1S/C14H21N3O4S/c1-3-21-14(18)12-8-13(17-16-12)22(19,20)15-9-11-6-4-10(2)5-7-11/h4-7,12-13,15-17H,3,8-9H2,1-2H3. The Bertz CT molecular complexity index is 615. The van der Waals surface area contributed by atoms with Gasteiger partial charge < -0.3 is 4.74 Å². The minimum Gasteiger partial charge on any atom is -0.465 e. The first-order valence-corrected chi connectivity index (χ1v) is 8.68. The van der Waals surface area contributed by atoms with Gasteiger partial charge >= 0.3 is 5.97 Å². The van der Waals surface area contributed by atoms with Crippen molar-refractivity contribution in [1.82, 2.24) is 15.6 Å². The van der Waals surface area contributed by atoms with Crippen molar-refractivity contribution in [3.05, 3.63) is 35.4 Å². The molecule has 0 amide bonds. The normalized spacial score (nSPS) is 21.7. The number of hydrogen-bond donors (Lipinski definition) is 3. The van der Waals surface area contributed by atoms with Gasteiger partial charge in [0.05, 0.1) is 6.61 Å². The molecule has 2 unspecified atom stereocenters. The van der Waals surface area contributed by atoms with E-state index in [0.29, 0.717) is 0 Å². The van der Waals surface area contributed by atoms with Crippen LogP contribution in [0.2, 0.25) is 0 Å². The summed E-state index contributed by atoms with van der Waals surface area (Å²) in [5.74, 6) is -0.453. The SMILES string of the molecule is CCOC(=O)C1CC(S(=O)(=O)NCc2ccc(C)cc2)NN1. The molecule has 1 aromatic rings. The van der Waals surface area contributed by atoms with Gasteiger partial charge in [0.1, 0.15) is 11.4 Å². The maximum atomic E-state index is 12.2. The molecule has 1 fully saturated rings. The van der Waals surface area contributed by atoms with Gasteiger partial charge in [-0.2, -0.15) is 0 Å². The molecule has 2 rings (SSSR count). The average Bonchev–Trinajstić information content (AvgIpc) is 2.98. The van der Waals surface area contributed by atoms with Crippen LogP contribution in [-0.2, 0) is 26.1 Å². The number of esters is 1. The molecule has 1 aliphatic heterocycles. The maximum Gasteiger partial charge on any atom is 0.324 e. The largest absolute Gasteiger partial charge is 0.465 e. The topological polar surface area (TPSA) is 96.5 Å². The molecule has 3 N–H and O–H groups in total. The lowest BCUT2D eigenvalue weighted by Gasteiger charge is -2.12. The quantitative estimate of drug-likeness (QED) is 0.645. The van der Waals surface area contributed by atoms with E-state index < -0.39 is 27.4 Å². The van der Waals surface area contributed by atoms with Crippen LogP contribution in [0, 0.1) is 6.92 Å². The van der Waals surface area contributed by atoms with Gasteiger partial charge in [-0.15, -0.1) is 0 Å². The number of ether oxygens (including phenoxy) is 1. The fraction of sp³-hybridized carbons (Fsp3) is 0.500. The predicted octanol–water partition coefficient (Wildman–Crippen LogP) is 0.170. The number of benzene rings is 1. The summed E-state index contributed by atoms with van der Waals surface area (Å²) in [6.07, 6.45) is 0.127. The summed E-state index contributed by atoms with van der Waals surface area (Å²) in [5.41, 5.74) is 7.28. The molecule has 1 aliphatic rings. The predicted molar refractivity (Wildman–Crippen MR) is 82.0 cm³/mol. The number of aryl methyl sites for hydroxylation is 1. The molecule has 1 saturated heterocycles. The van der Waals surface area contributed by atoms with Crippen LogP contribution in [0.4, 0.5) is 0 Å². The third-order valence-corrected chi connectivity index (χ3v) is 5.02. The molecular weight excluding hydrogens is 306 g/mol. The summed E-state index contributed by atoms with van der Waals surface area (Å²) >= 11 is 0. The highest BCUT2D eigenvalue weighted by Crippen LogP contribution is 2.12. The number of hydrogen-bond acceptors (Lipinski definition) is 6. The molecule has 0 spiro atoms. The molecule has 7 nitrogen and oxygen atoms in total. The van der Waals surface area contributed by atoms with E-state index >= 15 is 0 Å². The van der Waals surface area contributed by atoms with Crippen LogP contribution in [0.5, 0.6) is 0 Å². The monoisotopic (exact) mass is 327 g/mol. The molecule has 0 aliphatic carbocycles. The van der Waals surface area contributed by atoms with Gasteiger partial charge in [0, 0.05) is 13.0 Å². The average molecular weight is 327 g/mol. The van der Waals surface area contributed by atoms with Gasteiger partial charge in [-0.1, -0.05) is 29.8 Å². The zero-order valence-electron chi connectivity index (χ0n) is 12.6. The summed E-state index contributed by atoms with van der Waals surface area (Å²) in [4.78, 5) is 11.6. The Morgan fingerprint density at radius 1 is 1.32 bits per heavy atom. The van der Waals surface area contributed by atoms with Crippen molar-refractivity contribution in [3.63, 3.8) is 0 Å². The minimum atomic E-state index is -3.58. The zero-order valence-corrected chi connectivity index (χ0v) is 13.4. The van der Waals surface area contributed by atoms with Gasteiger partial charge in [-0.05, 0) is 19.4 Å². The summed E-state index contributed by atoms with van der Waals surface area (Å²) in [6.45, 7) is 4.15. The molecule has 2 atom stereocenters. The van der Waals surface area contributed by atoms with Gasteiger partial charge in [0.15, 0.2) is 0 Å². The summed E-state index contributed by atoms with van der Waals surface area (Å²) in [6, 6.07) is 6.95. The second-order valence-corrected chi connectivity index (χ2v) is 7.12. The molecule has 8 heteroatoms. The van der Waals surface area contributed by atoms with E-state index in [1.807, 2.05) is 31.2 Å². The molecular formula is C14H21N3O4S. The Kier molecular flexibility index (Phi) is 5.52. The molecule has 122 valence electrons. The lowest BCUT2D eigenvalue weighted by atomic mass is 10.2. The number of rotatable bonds is 6. The number of carbonyl (C=O) groups is 1. The Morgan fingerprint density at radius 2 is 2.00 bits per heavy atom. The van der Waals surface area contributed by atoms with Crippen molar-refractivity contribution in [2.75, 3.05) is 6.61 Å². The van der Waals surface area contributed by atoms with Crippen LogP contribution >= 0.6 is 0 Å². The fourth-order valence-corrected chi connectivity index (χ4v) is 3.36. The lowest BCUT2D eigenvalue weighted by Crippen LogP contribution is -2.43. The molecule has 0 saturated carbocycles. The number of nitrogens with one attached hydrogen (secondary N) is 3. The van der Waals surface area contributed by atoms with E-state index in [9.17, 15) is 13.2 Å². The highest BCUT2D eigenvalue weighted by Gasteiger charge is 2.37. The van der Waals surface area contributed by atoms with Crippen molar-refractivity contribution in [3.8, 4) is 0 Å². The van der Waals surface area contributed by atoms with Crippen LogP contribution in [0.25, 0.3) is 0 Å². The zero-order chi connectivity index (χ0) is 16.2. The van der Waals surface area contributed by atoms with E-state index in [1.54, 1.807) is 6.92 Å². The summed E-state index contributed by atoms with van der Waals surface area (Å²) < 4.78 is 31.9. The van der Waals surface area contributed by atoms with Crippen molar-refractivity contribution >= 4 is 16.0 Å². The summed E-state index contributed by atoms with van der Waals surface area (Å²) in [7, 11) is -3.58. The van der Waals surface area contributed by atoms with Crippen LogP contribution < -0.4 is 15.6 Å². The second-order valence-electron chi connectivity index (χ2n) is 5.17. The van der Waals surface area contributed by atoms with E-state index in [2.05, 4.69) is 15.6 Å². The smallest absolute Gasteiger partial charge is 0.324 e. The van der Waals surface area contributed by atoms with E-state index in [1.165, 1.54) is 0 Å². The van der Waals surface area contributed by atoms with Crippen LogP contribution in [0.15, 0.2) is 24.3 Å². The van der Waals surface area contributed by atoms with E-state index in [4.69, 9.17) is 4.74 Å². The number of carbonyl (C=O) groups excluding carboxylic acids is 1. The fourth-order valence-electron chi connectivity index (χ4n) is 2.12. The third kappa shape index (κ3) is 4.26. The van der Waals surface area contributed by atoms with Crippen molar-refractivity contribution in [1.29, 1.82) is 0 Å². The highest BCUT2D eigenvalue weighted by atomic mass is 32.2. The highest BCUT2D eigenvalue weighted by molar-refractivity contribution is 7.90. The molecule has 0 bridgehead atoms. The Morgan fingerprint density at radius 3 is 2.64 bits per heavy atom. The number of hydrazine groups is 1. The van der Waals surface area contributed by atoms with Gasteiger partial charge in [0.25, 0.3) is 0 Å².